The molecule has 0 saturated heterocycles. The standard InChI is InChI=1S/C5H7NOS/c1-2-5-6-4(7)3-8-5/h3,7H,2H2,1H3. The van der Waals surface area contributed by atoms with Crippen molar-refractivity contribution in [2.75, 3.05) is 0 Å². The van der Waals surface area contributed by atoms with Crippen molar-refractivity contribution in [3.8, 4) is 5.88 Å². The number of aromatic nitrogens is 1. The van der Waals surface area contributed by atoms with Gasteiger partial charge in [0.25, 0.3) is 0 Å². The van der Waals surface area contributed by atoms with Gasteiger partial charge >= 0.3 is 0 Å². The molecule has 1 heterocycles. The molecule has 0 radical (unpaired) electrons. The molecule has 1 rings (SSSR count). The van der Waals surface area contributed by atoms with Gasteiger partial charge in [-0.2, -0.15) is 0 Å². The van der Waals surface area contributed by atoms with Crippen molar-refractivity contribution < 1.29 is 5.11 Å². The summed E-state index contributed by atoms with van der Waals surface area (Å²) in [6, 6.07) is 0. The quantitative estimate of drug-likeness (QED) is 0.622. The molecule has 0 spiro atoms. The van der Waals surface area contributed by atoms with Crippen LogP contribution in [0.2, 0.25) is 0 Å². The normalized spacial score (nSPS) is 9.62. The fourth-order valence-corrected chi connectivity index (χ4v) is 1.07. The van der Waals surface area contributed by atoms with Crippen molar-refractivity contribution in [2.45, 2.75) is 13.3 Å². The molecule has 0 fully saturated rings. The molecule has 1 N–H and O–H groups in total. The molecule has 0 unspecified atom stereocenters. The van der Waals surface area contributed by atoms with E-state index in [1.54, 1.807) is 5.38 Å². The minimum atomic E-state index is 0.145. The van der Waals surface area contributed by atoms with Crippen LogP contribution in [0.3, 0.4) is 0 Å². The maximum absolute atomic E-state index is 8.68. The van der Waals surface area contributed by atoms with Gasteiger partial charge < -0.3 is 5.11 Å². The third-order valence-corrected chi connectivity index (χ3v) is 1.82. The number of rotatable bonds is 1. The lowest BCUT2D eigenvalue weighted by atomic mass is 10.5. The highest BCUT2D eigenvalue weighted by molar-refractivity contribution is 7.09. The summed E-state index contributed by atoms with van der Waals surface area (Å²) in [6.45, 7) is 2.01. The fourth-order valence-electron chi connectivity index (χ4n) is 0.464. The Kier molecular flexibility index (Phi) is 1.48. The third kappa shape index (κ3) is 0.980. The van der Waals surface area contributed by atoms with Gasteiger partial charge in [-0.15, -0.1) is 11.3 Å². The molecule has 0 aliphatic carbocycles. The third-order valence-electron chi connectivity index (χ3n) is 0.842. The fraction of sp³-hybridized carbons (Fsp3) is 0.400. The molecule has 0 bridgehead atoms. The molecule has 8 heavy (non-hydrogen) atoms. The SMILES string of the molecule is CCc1nc(O)cs1. The number of hydrogen-bond donors (Lipinski definition) is 1. The Balaban J connectivity index is 2.84. The highest BCUT2D eigenvalue weighted by Gasteiger charge is 1.93. The van der Waals surface area contributed by atoms with E-state index in [1.165, 1.54) is 11.3 Å². The van der Waals surface area contributed by atoms with Gasteiger partial charge in [0.05, 0.1) is 10.4 Å². The Morgan fingerprint density at radius 2 is 2.62 bits per heavy atom. The molecular formula is C5H7NOS. The van der Waals surface area contributed by atoms with Crippen LogP contribution in [0, 0.1) is 0 Å². The summed E-state index contributed by atoms with van der Waals surface area (Å²) in [4.78, 5) is 3.80. The molecule has 0 saturated carbocycles. The Morgan fingerprint density at radius 3 is 2.88 bits per heavy atom. The average Bonchev–Trinajstić information content (AvgIpc) is 2.14. The van der Waals surface area contributed by atoms with E-state index in [0.717, 1.165) is 11.4 Å². The first-order valence-electron chi connectivity index (χ1n) is 2.46. The molecule has 2 nitrogen and oxygen atoms in total. The Labute approximate surface area is 51.8 Å². The molecule has 0 aliphatic rings. The van der Waals surface area contributed by atoms with Crippen molar-refractivity contribution in [3.05, 3.63) is 10.4 Å². The first-order chi connectivity index (χ1) is 3.83. The molecule has 0 atom stereocenters. The molecule has 44 valence electrons. The monoisotopic (exact) mass is 129 g/mol. The summed E-state index contributed by atoms with van der Waals surface area (Å²) in [5.41, 5.74) is 0. The van der Waals surface area contributed by atoms with Gasteiger partial charge in [-0.3, -0.25) is 0 Å². The lowest BCUT2D eigenvalue weighted by Gasteiger charge is -1.78. The van der Waals surface area contributed by atoms with Crippen LogP contribution in [0.25, 0.3) is 0 Å². The maximum Gasteiger partial charge on any atom is 0.222 e. The van der Waals surface area contributed by atoms with Gasteiger partial charge in [0.15, 0.2) is 0 Å². The smallest absolute Gasteiger partial charge is 0.222 e. The van der Waals surface area contributed by atoms with E-state index in [1.807, 2.05) is 6.92 Å². The summed E-state index contributed by atoms with van der Waals surface area (Å²) < 4.78 is 0. The van der Waals surface area contributed by atoms with E-state index in [0.29, 0.717) is 0 Å². The van der Waals surface area contributed by atoms with E-state index >= 15 is 0 Å². The van der Waals surface area contributed by atoms with Crippen LogP contribution < -0.4 is 0 Å². The number of hydrogen-bond acceptors (Lipinski definition) is 3. The molecule has 0 amide bonds. The second kappa shape index (κ2) is 2.13. The maximum atomic E-state index is 8.68. The molecule has 1 aromatic heterocycles. The number of thiazole rings is 1. The lowest BCUT2D eigenvalue weighted by Crippen LogP contribution is -1.72. The van der Waals surface area contributed by atoms with Crippen molar-refractivity contribution in [1.82, 2.24) is 4.98 Å². The molecule has 0 aliphatic heterocycles. The van der Waals surface area contributed by atoms with E-state index in [9.17, 15) is 0 Å². The zero-order chi connectivity index (χ0) is 5.98. The van der Waals surface area contributed by atoms with Crippen molar-refractivity contribution in [1.29, 1.82) is 0 Å². The minimum absolute atomic E-state index is 0.145. The number of nitrogens with zero attached hydrogens (tertiary/aromatic N) is 1. The van der Waals surface area contributed by atoms with E-state index in [2.05, 4.69) is 4.98 Å². The second-order valence-electron chi connectivity index (χ2n) is 1.45. The van der Waals surface area contributed by atoms with Gasteiger partial charge in [0.1, 0.15) is 0 Å². The highest BCUT2D eigenvalue weighted by Crippen LogP contribution is 2.13. The van der Waals surface area contributed by atoms with Gasteiger partial charge in [-0.25, -0.2) is 4.98 Å². The average molecular weight is 129 g/mol. The van der Waals surface area contributed by atoms with E-state index in [-0.39, 0.29) is 5.88 Å². The van der Waals surface area contributed by atoms with Crippen LogP contribution in [-0.2, 0) is 6.42 Å². The van der Waals surface area contributed by atoms with Crippen molar-refractivity contribution >= 4 is 11.3 Å². The predicted molar refractivity (Wildman–Crippen MR) is 33.2 cm³/mol. The summed E-state index contributed by atoms with van der Waals surface area (Å²) >= 11 is 1.49. The zero-order valence-corrected chi connectivity index (χ0v) is 5.40. The highest BCUT2D eigenvalue weighted by atomic mass is 32.1. The van der Waals surface area contributed by atoms with Crippen molar-refractivity contribution in [3.63, 3.8) is 0 Å². The molecule has 3 heteroatoms. The molecular weight excluding hydrogens is 122 g/mol. The first-order valence-corrected chi connectivity index (χ1v) is 3.34. The first kappa shape index (κ1) is 5.56. The van der Waals surface area contributed by atoms with Crippen molar-refractivity contribution in [2.24, 2.45) is 0 Å². The Bertz CT molecular complexity index is 173. The van der Waals surface area contributed by atoms with Gasteiger partial charge in [0, 0.05) is 0 Å². The lowest BCUT2D eigenvalue weighted by molar-refractivity contribution is 0.456. The van der Waals surface area contributed by atoms with Gasteiger partial charge in [-0.05, 0) is 6.42 Å². The summed E-state index contributed by atoms with van der Waals surface area (Å²) in [7, 11) is 0. The summed E-state index contributed by atoms with van der Waals surface area (Å²) in [6.07, 6.45) is 0.908. The Morgan fingerprint density at radius 1 is 1.88 bits per heavy atom. The molecule has 1 aromatic rings. The summed E-state index contributed by atoms with van der Waals surface area (Å²) in [5, 5.41) is 11.3. The predicted octanol–water partition coefficient (Wildman–Crippen LogP) is 1.41. The van der Waals surface area contributed by atoms with Crippen LogP contribution in [0.5, 0.6) is 5.88 Å². The van der Waals surface area contributed by atoms with Crippen LogP contribution in [0.1, 0.15) is 11.9 Å². The largest absolute Gasteiger partial charge is 0.493 e. The zero-order valence-electron chi connectivity index (χ0n) is 4.59. The Hall–Kier alpha value is -0.570. The minimum Gasteiger partial charge on any atom is -0.493 e. The van der Waals surface area contributed by atoms with Crippen LogP contribution >= 0.6 is 11.3 Å². The second-order valence-corrected chi connectivity index (χ2v) is 2.40. The van der Waals surface area contributed by atoms with Gasteiger partial charge in [0.2, 0.25) is 5.88 Å². The number of aryl methyl sites for hydroxylation is 1. The summed E-state index contributed by atoms with van der Waals surface area (Å²) in [5.74, 6) is 0.145. The van der Waals surface area contributed by atoms with Crippen LogP contribution in [0.15, 0.2) is 5.38 Å². The van der Waals surface area contributed by atoms with Crippen LogP contribution in [0.4, 0.5) is 0 Å². The topological polar surface area (TPSA) is 33.1 Å². The molecule has 0 aromatic carbocycles. The van der Waals surface area contributed by atoms with Crippen LogP contribution in [-0.4, -0.2) is 10.1 Å². The van der Waals surface area contributed by atoms with E-state index in [4.69, 9.17) is 5.11 Å². The van der Waals surface area contributed by atoms with Gasteiger partial charge in [-0.1, -0.05) is 6.92 Å². The number of aromatic hydroxyl groups is 1. The van der Waals surface area contributed by atoms with E-state index < -0.39 is 0 Å².